The maximum Gasteiger partial charge on any atom is 0.416 e. The molecule has 0 fully saturated rings. The maximum absolute atomic E-state index is 12.7. The van der Waals surface area contributed by atoms with Crippen LogP contribution in [0, 0.1) is 13.8 Å². The lowest BCUT2D eigenvalue weighted by Gasteiger charge is -2.09. The van der Waals surface area contributed by atoms with Crippen LogP contribution in [-0.4, -0.2) is 15.0 Å². The Morgan fingerprint density at radius 3 is 2.15 bits per heavy atom. The SMILES string of the molecule is Cc1cc(C)nc(Sc2cc(C(F)(F)F)cc(N)n2)n1. The van der Waals surface area contributed by atoms with Crippen molar-refractivity contribution in [3.63, 3.8) is 0 Å². The van der Waals surface area contributed by atoms with E-state index in [0.717, 1.165) is 35.3 Å². The van der Waals surface area contributed by atoms with Crippen molar-refractivity contribution >= 4 is 17.6 Å². The number of halogens is 3. The molecular formula is C12H11F3N4S. The van der Waals surface area contributed by atoms with Crippen LogP contribution in [0.1, 0.15) is 17.0 Å². The van der Waals surface area contributed by atoms with Gasteiger partial charge in [0.1, 0.15) is 10.8 Å². The predicted octanol–water partition coefficient (Wildman–Crippen LogP) is 3.24. The van der Waals surface area contributed by atoms with Gasteiger partial charge in [-0.3, -0.25) is 0 Å². The van der Waals surface area contributed by atoms with Gasteiger partial charge in [-0.1, -0.05) is 0 Å². The van der Waals surface area contributed by atoms with E-state index in [-0.39, 0.29) is 10.8 Å². The van der Waals surface area contributed by atoms with E-state index in [0.29, 0.717) is 5.16 Å². The molecule has 8 heteroatoms. The Morgan fingerprint density at radius 2 is 1.60 bits per heavy atom. The van der Waals surface area contributed by atoms with Crippen molar-refractivity contribution < 1.29 is 13.2 Å². The van der Waals surface area contributed by atoms with Crippen LogP contribution in [0.15, 0.2) is 28.4 Å². The van der Waals surface area contributed by atoms with E-state index >= 15 is 0 Å². The molecule has 0 aliphatic heterocycles. The summed E-state index contributed by atoms with van der Waals surface area (Å²) in [6.45, 7) is 3.57. The zero-order valence-electron chi connectivity index (χ0n) is 10.7. The van der Waals surface area contributed by atoms with Crippen molar-refractivity contribution in [1.82, 2.24) is 15.0 Å². The minimum absolute atomic E-state index is 0.113. The van der Waals surface area contributed by atoms with Crippen LogP contribution in [0.5, 0.6) is 0 Å². The molecule has 2 rings (SSSR count). The lowest BCUT2D eigenvalue weighted by atomic mass is 10.2. The van der Waals surface area contributed by atoms with Crippen molar-refractivity contribution in [2.24, 2.45) is 0 Å². The molecule has 106 valence electrons. The number of nitrogens with two attached hydrogens (primary N) is 1. The van der Waals surface area contributed by atoms with Crippen LogP contribution in [0.2, 0.25) is 0 Å². The van der Waals surface area contributed by atoms with Crippen LogP contribution in [0.3, 0.4) is 0 Å². The highest BCUT2D eigenvalue weighted by molar-refractivity contribution is 7.99. The number of nitrogen functional groups attached to an aromatic ring is 1. The average Bonchev–Trinajstić information content (AvgIpc) is 2.25. The number of pyridine rings is 1. The smallest absolute Gasteiger partial charge is 0.384 e. The molecule has 0 aromatic carbocycles. The summed E-state index contributed by atoms with van der Waals surface area (Å²) in [5.74, 6) is -0.188. The Kier molecular flexibility index (Phi) is 3.85. The van der Waals surface area contributed by atoms with E-state index in [4.69, 9.17) is 5.73 Å². The summed E-state index contributed by atoms with van der Waals surface area (Å²) >= 11 is 0.947. The average molecular weight is 300 g/mol. The van der Waals surface area contributed by atoms with Gasteiger partial charge in [0.25, 0.3) is 0 Å². The molecule has 2 heterocycles. The molecule has 0 saturated heterocycles. The van der Waals surface area contributed by atoms with Gasteiger partial charge in [-0.2, -0.15) is 13.2 Å². The first kappa shape index (κ1) is 14.6. The van der Waals surface area contributed by atoms with Gasteiger partial charge in [0, 0.05) is 11.4 Å². The monoisotopic (exact) mass is 300 g/mol. The number of hydrogen-bond acceptors (Lipinski definition) is 5. The summed E-state index contributed by atoms with van der Waals surface area (Å²) < 4.78 is 38.1. The lowest BCUT2D eigenvalue weighted by Crippen LogP contribution is -2.07. The topological polar surface area (TPSA) is 64.7 Å². The number of rotatable bonds is 2. The Morgan fingerprint density at radius 1 is 1.00 bits per heavy atom. The van der Waals surface area contributed by atoms with Crippen molar-refractivity contribution in [1.29, 1.82) is 0 Å². The Balaban J connectivity index is 2.36. The highest BCUT2D eigenvalue weighted by atomic mass is 32.2. The van der Waals surface area contributed by atoms with Crippen LogP contribution >= 0.6 is 11.8 Å². The molecule has 0 amide bonds. The number of aromatic nitrogens is 3. The van der Waals surface area contributed by atoms with Crippen molar-refractivity contribution in [2.45, 2.75) is 30.2 Å². The van der Waals surface area contributed by atoms with E-state index < -0.39 is 11.7 Å². The Bertz CT molecular complexity index is 623. The van der Waals surface area contributed by atoms with E-state index in [1.807, 2.05) is 0 Å². The summed E-state index contributed by atoms with van der Waals surface area (Å²) in [6, 6.07) is 3.51. The normalized spacial score (nSPS) is 11.7. The molecule has 0 atom stereocenters. The third kappa shape index (κ3) is 3.60. The first-order valence-corrected chi connectivity index (χ1v) is 6.40. The summed E-state index contributed by atoms with van der Waals surface area (Å²) in [5.41, 5.74) is 6.04. The predicted molar refractivity (Wildman–Crippen MR) is 69.3 cm³/mol. The van der Waals surface area contributed by atoms with Crippen LogP contribution in [-0.2, 0) is 6.18 Å². The summed E-state index contributed by atoms with van der Waals surface area (Å²) in [5, 5.41) is 0.455. The van der Waals surface area contributed by atoms with Gasteiger partial charge >= 0.3 is 6.18 Å². The third-order valence-corrected chi connectivity index (χ3v) is 3.09. The minimum Gasteiger partial charge on any atom is -0.384 e. The van der Waals surface area contributed by atoms with Gasteiger partial charge in [0.05, 0.1) is 5.56 Å². The summed E-state index contributed by atoms with van der Waals surface area (Å²) in [4.78, 5) is 12.1. The quantitative estimate of drug-likeness (QED) is 0.863. The second-order valence-electron chi connectivity index (χ2n) is 4.15. The fourth-order valence-electron chi connectivity index (χ4n) is 1.57. The molecule has 2 aromatic rings. The zero-order chi connectivity index (χ0) is 14.9. The fourth-order valence-corrected chi connectivity index (χ4v) is 2.48. The van der Waals surface area contributed by atoms with E-state index in [9.17, 15) is 13.2 Å². The van der Waals surface area contributed by atoms with Crippen LogP contribution in [0.4, 0.5) is 19.0 Å². The van der Waals surface area contributed by atoms with Crippen molar-refractivity contribution in [2.75, 3.05) is 5.73 Å². The molecule has 4 nitrogen and oxygen atoms in total. The Labute approximate surface area is 117 Å². The third-order valence-electron chi connectivity index (χ3n) is 2.31. The first-order valence-electron chi connectivity index (χ1n) is 5.59. The second-order valence-corrected chi connectivity index (χ2v) is 5.14. The van der Waals surface area contributed by atoms with Gasteiger partial charge < -0.3 is 5.73 Å². The van der Waals surface area contributed by atoms with E-state index in [1.165, 1.54) is 0 Å². The number of aryl methyl sites for hydroxylation is 2. The fraction of sp³-hybridized carbons (Fsp3) is 0.250. The van der Waals surface area contributed by atoms with E-state index in [1.54, 1.807) is 19.9 Å². The molecular weight excluding hydrogens is 289 g/mol. The van der Waals surface area contributed by atoms with Gasteiger partial charge in [0.2, 0.25) is 0 Å². The number of hydrogen-bond donors (Lipinski definition) is 1. The van der Waals surface area contributed by atoms with E-state index in [2.05, 4.69) is 15.0 Å². The van der Waals surface area contributed by atoms with Crippen LogP contribution < -0.4 is 5.73 Å². The minimum atomic E-state index is -4.46. The number of alkyl halides is 3. The van der Waals surface area contributed by atoms with Crippen LogP contribution in [0.25, 0.3) is 0 Å². The van der Waals surface area contributed by atoms with Gasteiger partial charge in [-0.25, -0.2) is 15.0 Å². The Hall–Kier alpha value is -1.83. The standard InChI is InChI=1S/C12H11F3N4S/c1-6-3-7(2)18-11(17-6)20-10-5-8(12(13,14)15)4-9(16)19-10/h3-5H,1-2H3,(H2,16,19). The summed E-state index contributed by atoms with van der Waals surface area (Å²) in [6.07, 6.45) is -4.46. The first-order chi connectivity index (χ1) is 9.24. The molecule has 0 radical (unpaired) electrons. The molecule has 20 heavy (non-hydrogen) atoms. The molecule has 0 unspecified atom stereocenters. The van der Waals surface area contributed by atoms with Gasteiger partial charge in [-0.05, 0) is 43.8 Å². The molecule has 0 saturated carbocycles. The maximum atomic E-state index is 12.7. The number of anilines is 1. The number of nitrogens with zero attached hydrogens (tertiary/aromatic N) is 3. The molecule has 0 aliphatic rings. The second kappa shape index (κ2) is 5.28. The highest BCUT2D eigenvalue weighted by Crippen LogP contribution is 2.33. The van der Waals surface area contributed by atoms with Crippen molar-refractivity contribution in [3.8, 4) is 0 Å². The highest BCUT2D eigenvalue weighted by Gasteiger charge is 2.31. The molecule has 2 N–H and O–H groups in total. The zero-order valence-corrected chi connectivity index (χ0v) is 11.5. The lowest BCUT2D eigenvalue weighted by molar-refractivity contribution is -0.137. The molecule has 0 bridgehead atoms. The summed E-state index contributed by atoms with van der Waals surface area (Å²) in [7, 11) is 0. The van der Waals surface area contributed by atoms with Gasteiger partial charge in [-0.15, -0.1) is 0 Å². The van der Waals surface area contributed by atoms with Crippen molar-refractivity contribution in [3.05, 3.63) is 35.2 Å². The molecule has 0 spiro atoms. The molecule has 2 aromatic heterocycles. The largest absolute Gasteiger partial charge is 0.416 e. The molecule has 0 aliphatic carbocycles. The van der Waals surface area contributed by atoms with Gasteiger partial charge in [0.15, 0.2) is 5.16 Å².